The number of fused-ring (bicyclic) bond motifs is 2. The van der Waals surface area contributed by atoms with Gasteiger partial charge in [-0.2, -0.15) is 0 Å². The minimum absolute atomic E-state index is 0.0693. The molecule has 5 rings (SSSR count). The third-order valence-corrected chi connectivity index (χ3v) is 7.92. The second kappa shape index (κ2) is 9.71. The second-order valence-corrected chi connectivity index (χ2v) is 9.98. The van der Waals surface area contributed by atoms with Crippen LogP contribution < -0.4 is 15.4 Å². The number of methoxy groups -OCH3 is 1. The Morgan fingerprint density at radius 3 is 2.89 bits per heavy atom. The molecule has 3 aliphatic rings. The van der Waals surface area contributed by atoms with Crippen molar-refractivity contribution >= 4 is 34.9 Å². The van der Waals surface area contributed by atoms with Crippen LogP contribution in [0.4, 0.5) is 0 Å². The van der Waals surface area contributed by atoms with E-state index in [4.69, 9.17) is 4.74 Å². The SMILES string of the molecule is COc1cccc2[nH]c(C(=O)N3C[C@@H]4CCC[C@@H]4[C@H]3C(=O)N[C@H](C=O)C[C@@H]3CCCNC3=O)cc12. The summed E-state index contributed by atoms with van der Waals surface area (Å²) < 4.78 is 5.42. The van der Waals surface area contributed by atoms with Gasteiger partial charge in [0.1, 0.15) is 23.8 Å². The average molecular weight is 481 g/mol. The molecule has 3 fully saturated rings. The van der Waals surface area contributed by atoms with Crippen LogP contribution in [0.15, 0.2) is 24.3 Å². The van der Waals surface area contributed by atoms with Gasteiger partial charge in [0.15, 0.2) is 0 Å². The number of rotatable bonds is 7. The Morgan fingerprint density at radius 2 is 2.11 bits per heavy atom. The van der Waals surface area contributed by atoms with E-state index in [1.165, 1.54) is 0 Å². The maximum Gasteiger partial charge on any atom is 0.271 e. The van der Waals surface area contributed by atoms with Gasteiger partial charge < -0.3 is 30.0 Å². The molecule has 1 aliphatic carbocycles. The lowest BCUT2D eigenvalue weighted by Gasteiger charge is -2.29. The van der Waals surface area contributed by atoms with Crippen LogP contribution in [0.5, 0.6) is 5.75 Å². The average Bonchev–Trinajstić information content (AvgIpc) is 3.58. The van der Waals surface area contributed by atoms with Crippen molar-refractivity contribution < 1.29 is 23.9 Å². The topological polar surface area (TPSA) is 121 Å². The smallest absolute Gasteiger partial charge is 0.271 e. The van der Waals surface area contributed by atoms with Crippen molar-refractivity contribution in [2.45, 2.75) is 50.6 Å². The number of carbonyl (C=O) groups is 4. The van der Waals surface area contributed by atoms with Crippen molar-refractivity contribution in [2.75, 3.05) is 20.2 Å². The number of hydrogen-bond acceptors (Lipinski definition) is 5. The lowest BCUT2D eigenvalue weighted by atomic mass is 9.91. The Kier molecular flexibility index (Phi) is 6.49. The monoisotopic (exact) mass is 480 g/mol. The maximum absolute atomic E-state index is 13.6. The first kappa shape index (κ1) is 23.4. The van der Waals surface area contributed by atoms with Crippen LogP contribution in [0.1, 0.15) is 49.0 Å². The van der Waals surface area contributed by atoms with Gasteiger partial charge in [-0.3, -0.25) is 14.4 Å². The van der Waals surface area contributed by atoms with Gasteiger partial charge in [0, 0.05) is 29.9 Å². The quantitative estimate of drug-likeness (QED) is 0.524. The normalized spacial score (nSPS) is 26.8. The molecule has 1 saturated carbocycles. The molecule has 9 heteroatoms. The number of piperidine rings is 1. The van der Waals surface area contributed by atoms with E-state index in [-0.39, 0.29) is 41.9 Å². The van der Waals surface area contributed by atoms with Gasteiger partial charge in [-0.15, -0.1) is 0 Å². The van der Waals surface area contributed by atoms with E-state index < -0.39 is 12.1 Å². The van der Waals surface area contributed by atoms with E-state index in [9.17, 15) is 19.2 Å². The van der Waals surface area contributed by atoms with Gasteiger partial charge in [0.2, 0.25) is 11.8 Å². The van der Waals surface area contributed by atoms with Crippen LogP contribution in [0.3, 0.4) is 0 Å². The molecule has 5 atom stereocenters. The number of hydrogen-bond donors (Lipinski definition) is 3. The van der Waals surface area contributed by atoms with E-state index in [2.05, 4.69) is 15.6 Å². The summed E-state index contributed by atoms with van der Waals surface area (Å²) >= 11 is 0. The van der Waals surface area contributed by atoms with Crippen LogP contribution in [-0.2, 0) is 14.4 Å². The highest BCUT2D eigenvalue weighted by Gasteiger charge is 2.50. The summed E-state index contributed by atoms with van der Waals surface area (Å²) in [5, 5.41) is 6.50. The van der Waals surface area contributed by atoms with Crippen molar-refractivity contribution in [2.24, 2.45) is 17.8 Å². The molecular formula is C26H32N4O5. The summed E-state index contributed by atoms with van der Waals surface area (Å²) in [4.78, 5) is 55.9. The van der Waals surface area contributed by atoms with E-state index in [1.54, 1.807) is 18.1 Å². The van der Waals surface area contributed by atoms with Crippen LogP contribution in [0.25, 0.3) is 10.9 Å². The van der Waals surface area contributed by atoms with Gasteiger partial charge in [0.25, 0.3) is 5.91 Å². The zero-order chi connectivity index (χ0) is 24.5. The van der Waals surface area contributed by atoms with Gasteiger partial charge >= 0.3 is 0 Å². The molecule has 35 heavy (non-hydrogen) atoms. The Hall–Kier alpha value is -3.36. The number of aldehydes is 1. The highest BCUT2D eigenvalue weighted by molar-refractivity contribution is 6.02. The molecule has 3 heterocycles. The van der Waals surface area contributed by atoms with Crippen molar-refractivity contribution in [3.63, 3.8) is 0 Å². The Morgan fingerprint density at radius 1 is 1.26 bits per heavy atom. The number of carbonyl (C=O) groups excluding carboxylic acids is 4. The Balaban J connectivity index is 1.36. The van der Waals surface area contributed by atoms with Crippen LogP contribution in [-0.4, -0.2) is 66.2 Å². The summed E-state index contributed by atoms with van der Waals surface area (Å²) in [5.41, 5.74) is 1.20. The number of amides is 3. The first-order valence-corrected chi connectivity index (χ1v) is 12.5. The molecule has 0 spiro atoms. The van der Waals surface area contributed by atoms with Crippen LogP contribution in [0, 0.1) is 17.8 Å². The molecule has 0 bridgehead atoms. The number of ether oxygens (including phenoxy) is 1. The minimum atomic E-state index is -0.758. The lowest BCUT2D eigenvalue weighted by Crippen LogP contribution is -2.52. The van der Waals surface area contributed by atoms with Crippen molar-refractivity contribution in [3.05, 3.63) is 30.0 Å². The largest absolute Gasteiger partial charge is 0.496 e. The van der Waals surface area contributed by atoms with Gasteiger partial charge in [0.05, 0.1) is 13.2 Å². The number of likely N-dealkylation sites (tertiary alicyclic amines) is 1. The number of aromatic nitrogens is 1. The van der Waals surface area contributed by atoms with E-state index >= 15 is 0 Å². The molecule has 3 N–H and O–H groups in total. The predicted molar refractivity (Wildman–Crippen MR) is 129 cm³/mol. The molecule has 1 aromatic heterocycles. The fourth-order valence-corrected chi connectivity index (χ4v) is 6.21. The predicted octanol–water partition coefficient (Wildman–Crippen LogP) is 2.02. The van der Waals surface area contributed by atoms with Crippen molar-refractivity contribution in [3.8, 4) is 5.75 Å². The summed E-state index contributed by atoms with van der Waals surface area (Å²) in [6.45, 7) is 1.17. The Labute approximate surface area is 203 Å². The van der Waals surface area contributed by atoms with Gasteiger partial charge in [-0.05, 0) is 62.1 Å². The van der Waals surface area contributed by atoms with Gasteiger partial charge in [-0.1, -0.05) is 12.5 Å². The third kappa shape index (κ3) is 4.39. The first-order valence-electron chi connectivity index (χ1n) is 12.5. The molecule has 2 aliphatic heterocycles. The molecule has 0 unspecified atom stereocenters. The lowest BCUT2D eigenvalue weighted by molar-refractivity contribution is -0.130. The third-order valence-electron chi connectivity index (χ3n) is 7.92. The summed E-state index contributed by atoms with van der Waals surface area (Å²) in [5.74, 6) is 0.115. The molecule has 3 amide bonds. The molecule has 2 aromatic rings. The number of nitrogens with one attached hydrogen (secondary N) is 3. The van der Waals surface area contributed by atoms with Gasteiger partial charge in [-0.25, -0.2) is 0 Å². The van der Waals surface area contributed by atoms with Crippen molar-refractivity contribution in [1.29, 1.82) is 0 Å². The highest BCUT2D eigenvalue weighted by atomic mass is 16.5. The minimum Gasteiger partial charge on any atom is -0.496 e. The van der Waals surface area contributed by atoms with Crippen LogP contribution in [0.2, 0.25) is 0 Å². The first-order chi connectivity index (χ1) is 17.0. The summed E-state index contributed by atoms with van der Waals surface area (Å²) in [6.07, 6.45) is 5.44. The molecule has 0 radical (unpaired) electrons. The summed E-state index contributed by atoms with van der Waals surface area (Å²) in [6, 6.07) is 5.96. The van der Waals surface area contributed by atoms with E-state index in [0.717, 1.165) is 36.6 Å². The fraction of sp³-hybridized carbons (Fsp3) is 0.538. The summed E-state index contributed by atoms with van der Waals surface area (Å²) in [7, 11) is 1.59. The zero-order valence-electron chi connectivity index (χ0n) is 19.9. The molecule has 2 saturated heterocycles. The zero-order valence-corrected chi connectivity index (χ0v) is 19.9. The van der Waals surface area contributed by atoms with Crippen molar-refractivity contribution in [1.82, 2.24) is 20.5 Å². The Bertz CT molecular complexity index is 1140. The standard InChI is InChI=1S/C26H32N4O5/c1-35-22-9-3-8-20-19(22)12-21(29-20)26(34)30-13-16-5-2-7-18(16)23(30)25(33)28-17(14-31)11-15-6-4-10-27-24(15)32/h3,8-9,12,14-18,23,29H,2,4-7,10-11,13H2,1H3,(H,27,32)(H,28,33)/t15-,16-,17-,18-,23-/m0/s1. The number of nitrogens with zero attached hydrogens (tertiary/aromatic N) is 1. The molecule has 9 nitrogen and oxygen atoms in total. The second-order valence-electron chi connectivity index (χ2n) is 9.98. The highest BCUT2D eigenvalue weighted by Crippen LogP contribution is 2.43. The number of H-pyrrole nitrogens is 1. The molecule has 186 valence electrons. The van der Waals surface area contributed by atoms with E-state index in [0.29, 0.717) is 37.2 Å². The fourth-order valence-electron chi connectivity index (χ4n) is 6.21. The molecule has 1 aromatic carbocycles. The molecular weight excluding hydrogens is 448 g/mol. The van der Waals surface area contributed by atoms with E-state index in [1.807, 2.05) is 18.2 Å². The maximum atomic E-state index is 13.6. The van der Waals surface area contributed by atoms with Crippen LogP contribution >= 0.6 is 0 Å². The number of aromatic amines is 1. The number of benzene rings is 1.